The minimum Gasteiger partial charge on any atom is -0.481 e. The Bertz CT molecular complexity index is 497. The van der Waals surface area contributed by atoms with Gasteiger partial charge in [0.05, 0.1) is 5.92 Å². The molecule has 0 spiro atoms. The van der Waals surface area contributed by atoms with Crippen molar-refractivity contribution in [3.63, 3.8) is 0 Å². The second-order valence-corrected chi connectivity index (χ2v) is 6.83. The van der Waals surface area contributed by atoms with Crippen LogP contribution >= 0.6 is 0 Å². The van der Waals surface area contributed by atoms with E-state index in [1.807, 2.05) is 6.07 Å². The normalized spacial score (nSPS) is 32.2. The number of benzene rings is 1. The van der Waals surface area contributed by atoms with Gasteiger partial charge in [-0.2, -0.15) is 0 Å². The number of carboxylic acids is 1. The van der Waals surface area contributed by atoms with Crippen molar-refractivity contribution >= 4 is 5.97 Å². The van der Waals surface area contributed by atoms with Gasteiger partial charge in [0, 0.05) is 12.6 Å². The smallest absolute Gasteiger partial charge is 0.307 e. The van der Waals surface area contributed by atoms with E-state index in [0.717, 1.165) is 19.5 Å². The van der Waals surface area contributed by atoms with Crippen LogP contribution in [-0.2, 0) is 11.3 Å². The van der Waals surface area contributed by atoms with E-state index in [9.17, 15) is 9.90 Å². The first-order valence-electron chi connectivity index (χ1n) is 7.52. The largest absolute Gasteiger partial charge is 0.481 e. The highest BCUT2D eigenvalue weighted by Crippen LogP contribution is 2.62. The summed E-state index contributed by atoms with van der Waals surface area (Å²) in [6, 6.07) is 10.9. The minimum atomic E-state index is -0.619. The third kappa shape index (κ3) is 2.24. The first-order valence-corrected chi connectivity index (χ1v) is 7.52. The molecule has 0 aromatic heterocycles. The average molecular weight is 273 g/mol. The van der Waals surface area contributed by atoms with E-state index in [4.69, 9.17) is 0 Å². The van der Waals surface area contributed by atoms with Crippen LogP contribution in [0.5, 0.6) is 0 Å². The molecule has 20 heavy (non-hydrogen) atoms. The van der Waals surface area contributed by atoms with Crippen LogP contribution in [0.3, 0.4) is 0 Å². The number of rotatable bonds is 4. The molecule has 108 valence electrons. The van der Waals surface area contributed by atoms with Gasteiger partial charge in [-0.25, -0.2) is 0 Å². The second kappa shape index (κ2) is 4.88. The summed E-state index contributed by atoms with van der Waals surface area (Å²) in [6.07, 6.45) is 2.33. The Morgan fingerprint density at radius 3 is 2.65 bits per heavy atom. The fourth-order valence-electron chi connectivity index (χ4n) is 4.14. The minimum absolute atomic E-state index is 0.0459. The molecule has 3 atom stereocenters. The summed E-state index contributed by atoms with van der Waals surface area (Å²) < 4.78 is 0. The maximum absolute atomic E-state index is 11.4. The summed E-state index contributed by atoms with van der Waals surface area (Å²) in [5.74, 6) is -0.471. The molecule has 1 saturated heterocycles. The van der Waals surface area contributed by atoms with Gasteiger partial charge in [-0.05, 0) is 36.3 Å². The number of carboxylic acid groups (broad SMARTS) is 1. The van der Waals surface area contributed by atoms with Crippen LogP contribution in [-0.4, -0.2) is 28.6 Å². The zero-order valence-electron chi connectivity index (χ0n) is 12.2. The van der Waals surface area contributed by atoms with Crippen LogP contribution in [0.2, 0.25) is 0 Å². The Balaban J connectivity index is 1.72. The van der Waals surface area contributed by atoms with E-state index in [1.54, 1.807) is 0 Å². The number of likely N-dealkylation sites (tertiary alicyclic amines) is 1. The van der Waals surface area contributed by atoms with E-state index in [2.05, 4.69) is 43.0 Å². The van der Waals surface area contributed by atoms with Crippen LogP contribution in [0.1, 0.15) is 32.3 Å². The van der Waals surface area contributed by atoms with E-state index in [-0.39, 0.29) is 11.3 Å². The molecule has 1 N–H and O–H groups in total. The van der Waals surface area contributed by atoms with Crippen LogP contribution in [0, 0.1) is 17.3 Å². The molecule has 3 nitrogen and oxygen atoms in total. The summed E-state index contributed by atoms with van der Waals surface area (Å²) in [5, 5.41) is 9.38. The molecule has 1 aliphatic heterocycles. The zero-order valence-corrected chi connectivity index (χ0v) is 12.2. The van der Waals surface area contributed by atoms with Crippen molar-refractivity contribution in [3.8, 4) is 0 Å². The number of carbonyl (C=O) groups is 1. The lowest BCUT2D eigenvalue weighted by Crippen LogP contribution is -2.32. The molecule has 0 amide bonds. The zero-order chi connectivity index (χ0) is 14.3. The van der Waals surface area contributed by atoms with Crippen LogP contribution in [0.15, 0.2) is 30.3 Å². The Kier molecular flexibility index (Phi) is 3.33. The summed E-state index contributed by atoms with van der Waals surface area (Å²) in [5.41, 5.74) is 1.28. The van der Waals surface area contributed by atoms with E-state index in [1.165, 1.54) is 12.0 Å². The molecule has 2 fully saturated rings. The number of hydrogen-bond donors (Lipinski definition) is 1. The van der Waals surface area contributed by atoms with E-state index < -0.39 is 5.97 Å². The molecule has 1 aromatic carbocycles. The Labute approximate surface area is 120 Å². The van der Waals surface area contributed by atoms with Crippen molar-refractivity contribution in [2.45, 2.75) is 39.3 Å². The van der Waals surface area contributed by atoms with Crippen molar-refractivity contribution in [2.24, 2.45) is 17.3 Å². The molecule has 3 heteroatoms. The van der Waals surface area contributed by atoms with Crippen molar-refractivity contribution < 1.29 is 9.90 Å². The highest BCUT2D eigenvalue weighted by molar-refractivity contribution is 5.75. The Morgan fingerprint density at radius 1 is 1.35 bits per heavy atom. The molecule has 0 bridgehead atoms. The first-order chi connectivity index (χ1) is 9.51. The van der Waals surface area contributed by atoms with Gasteiger partial charge in [-0.3, -0.25) is 9.69 Å². The highest BCUT2D eigenvalue weighted by Gasteiger charge is 2.65. The number of aliphatic carboxylic acids is 1. The lowest BCUT2D eigenvalue weighted by molar-refractivity contribution is -0.139. The summed E-state index contributed by atoms with van der Waals surface area (Å²) in [6.45, 7) is 6.26. The molecule has 1 aromatic rings. The van der Waals surface area contributed by atoms with Gasteiger partial charge in [0.15, 0.2) is 0 Å². The summed E-state index contributed by atoms with van der Waals surface area (Å²) >= 11 is 0. The molecule has 3 rings (SSSR count). The quantitative estimate of drug-likeness (QED) is 0.916. The van der Waals surface area contributed by atoms with Gasteiger partial charge in [-0.15, -0.1) is 0 Å². The third-order valence-electron chi connectivity index (χ3n) is 5.23. The lowest BCUT2D eigenvalue weighted by atomic mass is 10.0. The molecular weight excluding hydrogens is 250 g/mol. The molecule has 1 unspecified atom stereocenters. The van der Waals surface area contributed by atoms with Crippen molar-refractivity contribution in [2.75, 3.05) is 6.54 Å². The van der Waals surface area contributed by atoms with Crippen LogP contribution in [0.4, 0.5) is 0 Å². The highest BCUT2D eigenvalue weighted by atomic mass is 16.4. The average Bonchev–Trinajstić information content (AvgIpc) is 2.76. The Hall–Kier alpha value is -1.35. The van der Waals surface area contributed by atoms with Crippen molar-refractivity contribution in [3.05, 3.63) is 35.9 Å². The van der Waals surface area contributed by atoms with Gasteiger partial charge in [0.1, 0.15) is 0 Å². The monoisotopic (exact) mass is 273 g/mol. The van der Waals surface area contributed by atoms with Crippen molar-refractivity contribution in [1.29, 1.82) is 0 Å². The number of nitrogens with zero attached hydrogens (tertiary/aromatic N) is 1. The second-order valence-electron chi connectivity index (χ2n) is 6.83. The molecule has 1 aliphatic carbocycles. The molecule has 1 heterocycles. The SMILES string of the molecule is CC1(C)[C@H](C(=O)O)[C@H]1C1CCCN1Cc1ccccc1. The predicted molar refractivity (Wildman–Crippen MR) is 78.3 cm³/mol. The fourth-order valence-corrected chi connectivity index (χ4v) is 4.14. The molecule has 0 radical (unpaired) electrons. The van der Waals surface area contributed by atoms with Gasteiger partial charge in [0.2, 0.25) is 0 Å². The Morgan fingerprint density at radius 2 is 2.05 bits per heavy atom. The van der Waals surface area contributed by atoms with Crippen LogP contribution < -0.4 is 0 Å². The van der Waals surface area contributed by atoms with Gasteiger partial charge >= 0.3 is 5.97 Å². The fraction of sp³-hybridized carbons (Fsp3) is 0.588. The van der Waals surface area contributed by atoms with Crippen LogP contribution in [0.25, 0.3) is 0 Å². The maximum Gasteiger partial charge on any atom is 0.307 e. The van der Waals surface area contributed by atoms with E-state index in [0.29, 0.717) is 12.0 Å². The van der Waals surface area contributed by atoms with E-state index >= 15 is 0 Å². The van der Waals surface area contributed by atoms with Gasteiger partial charge in [0.25, 0.3) is 0 Å². The standard InChI is InChI=1S/C17H23NO2/c1-17(2)14(15(17)16(19)20)13-9-6-10-18(13)11-12-7-4-3-5-8-12/h3-5,7-8,13-15H,6,9-11H2,1-2H3,(H,19,20)/t13?,14-,15+/m1/s1. The summed E-state index contributed by atoms with van der Waals surface area (Å²) in [4.78, 5) is 13.9. The first kappa shape index (κ1) is 13.6. The topological polar surface area (TPSA) is 40.5 Å². The lowest BCUT2D eigenvalue weighted by Gasteiger charge is -2.25. The molecule has 1 saturated carbocycles. The maximum atomic E-state index is 11.4. The van der Waals surface area contributed by atoms with Gasteiger partial charge < -0.3 is 5.11 Å². The molecular formula is C17H23NO2. The predicted octanol–water partition coefficient (Wildman–Crippen LogP) is 3.01. The number of hydrogen-bond acceptors (Lipinski definition) is 2. The molecule has 2 aliphatic rings. The van der Waals surface area contributed by atoms with Gasteiger partial charge in [-0.1, -0.05) is 44.2 Å². The summed E-state index contributed by atoms with van der Waals surface area (Å²) in [7, 11) is 0. The third-order valence-corrected chi connectivity index (χ3v) is 5.23. The van der Waals surface area contributed by atoms with Crippen molar-refractivity contribution in [1.82, 2.24) is 4.90 Å².